The number of nitrogens with zero attached hydrogens (tertiary/aromatic N) is 5. The minimum Gasteiger partial charge on any atom is -0.340 e. The van der Waals surface area contributed by atoms with Crippen LogP contribution in [0.1, 0.15) is 27.0 Å². The third-order valence-corrected chi connectivity index (χ3v) is 7.05. The molecule has 0 spiro atoms. The number of halogens is 4. The minimum atomic E-state index is -4.58. The number of amides is 1. The van der Waals surface area contributed by atoms with Crippen molar-refractivity contribution >= 4 is 35.5 Å². The van der Waals surface area contributed by atoms with Gasteiger partial charge in [0.05, 0.1) is 11.3 Å². The second-order valence-corrected chi connectivity index (χ2v) is 10.1. The molecule has 2 aromatic heterocycles. The van der Waals surface area contributed by atoms with Gasteiger partial charge in [-0.05, 0) is 61.5 Å². The van der Waals surface area contributed by atoms with Crippen molar-refractivity contribution in [2.75, 3.05) is 43.9 Å². The fourth-order valence-electron chi connectivity index (χ4n) is 4.64. The van der Waals surface area contributed by atoms with Crippen LogP contribution in [-0.2, 0) is 12.7 Å². The van der Waals surface area contributed by atoms with E-state index in [0.717, 1.165) is 30.3 Å². The number of rotatable bonds is 7. The number of aryl methyl sites for hydroxylation is 1. The second-order valence-electron chi connectivity index (χ2n) is 10.1. The molecule has 1 saturated heterocycles. The Morgan fingerprint density at radius 3 is 2.50 bits per heavy atom. The Hall–Kier alpha value is -4.06. The van der Waals surface area contributed by atoms with Crippen LogP contribution >= 0.6 is 12.4 Å². The van der Waals surface area contributed by atoms with E-state index in [1.165, 1.54) is 18.5 Å². The third-order valence-electron chi connectivity index (χ3n) is 7.05. The summed E-state index contributed by atoms with van der Waals surface area (Å²) in [5, 5.41) is 5.96. The molecule has 3 heterocycles. The van der Waals surface area contributed by atoms with Crippen LogP contribution < -0.4 is 10.6 Å². The molecular formula is C30H31ClF3N7O. The number of aromatic nitrogens is 3. The lowest BCUT2D eigenvalue weighted by molar-refractivity contribution is -0.138. The summed E-state index contributed by atoms with van der Waals surface area (Å²) >= 11 is 0. The summed E-state index contributed by atoms with van der Waals surface area (Å²) in [4.78, 5) is 29.9. The van der Waals surface area contributed by atoms with E-state index in [2.05, 4.69) is 30.5 Å². The van der Waals surface area contributed by atoms with E-state index < -0.39 is 17.6 Å². The molecule has 4 aromatic rings. The largest absolute Gasteiger partial charge is 0.416 e. The van der Waals surface area contributed by atoms with E-state index in [4.69, 9.17) is 0 Å². The zero-order valence-corrected chi connectivity index (χ0v) is 24.0. The molecule has 8 nitrogen and oxygen atoms in total. The number of piperazine rings is 1. The smallest absolute Gasteiger partial charge is 0.340 e. The zero-order chi connectivity index (χ0) is 29.0. The Labute approximate surface area is 248 Å². The van der Waals surface area contributed by atoms with Crippen molar-refractivity contribution in [3.8, 4) is 11.3 Å². The molecule has 5 rings (SSSR count). The second kappa shape index (κ2) is 13.3. The maximum atomic E-state index is 14.0. The van der Waals surface area contributed by atoms with Crippen molar-refractivity contribution < 1.29 is 18.0 Å². The number of alkyl halides is 3. The predicted octanol–water partition coefficient (Wildman–Crippen LogP) is 6.03. The predicted molar refractivity (Wildman–Crippen MR) is 159 cm³/mol. The number of anilines is 3. The first-order valence-corrected chi connectivity index (χ1v) is 13.2. The molecule has 1 fully saturated rings. The van der Waals surface area contributed by atoms with E-state index in [9.17, 15) is 18.0 Å². The molecule has 0 bridgehead atoms. The zero-order valence-electron chi connectivity index (χ0n) is 23.2. The van der Waals surface area contributed by atoms with Crippen molar-refractivity contribution in [2.24, 2.45) is 0 Å². The maximum Gasteiger partial charge on any atom is 0.416 e. The molecule has 1 amide bonds. The summed E-state index contributed by atoms with van der Waals surface area (Å²) in [7, 11) is 1.99. The van der Waals surface area contributed by atoms with Crippen molar-refractivity contribution in [3.05, 3.63) is 95.6 Å². The highest BCUT2D eigenvalue weighted by atomic mass is 35.5. The molecule has 2 aromatic carbocycles. The molecule has 42 heavy (non-hydrogen) atoms. The van der Waals surface area contributed by atoms with Crippen LogP contribution in [0.25, 0.3) is 11.3 Å². The van der Waals surface area contributed by atoms with Crippen LogP contribution in [-0.4, -0.2) is 63.9 Å². The van der Waals surface area contributed by atoms with Gasteiger partial charge in [-0.25, -0.2) is 9.97 Å². The van der Waals surface area contributed by atoms with E-state index in [0.29, 0.717) is 36.0 Å². The van der Waals surface area contributed by atoms with Crippen molar-refractivity contribution in [3.63, 3.8) is 0 Å². The number of benzene rings is 2. The SMILES string of the molecule is Cc1ccc(NC(=O)c2ccc(CN3CCN(C)CC3)c(C(F)(F)F)c2)cc1Nc1cc(-c2cccnc2)ncn1.Cl. The number of hydrogen-bond acceptors (Lipinski definition) is 7. The average molecular weight is 598 g/mol. The van der Waals surface area contributed by atoms with Crippen LogP contribution in [0.4, 0.5) is 30.4 Å². The highest BCUT2D eigenvalue weighted by Crippen LogP contribution is 2.34. The highest BCUT2D eigenvalue weighted by Gasteiger charge is 2.34. The first-order valence-electron chi connectivity index (χ1n) is 13.2. The topological polar surface area (TPSA) is 86.3 Å². The van der Waals surface area contributed by atoms with Gasteiger partial charge >= 0.3 is 6.18 Å². The Kier molecular flexibility index (Phi) is 9.77. The van der Waals surface area contributed by atoms with Gasteiger partial charge in [0, 0.05) is 73.7 Å². The fraction of sp³-hybridized carbons (Fsp3) is 0.267. The highest BCUT2D eigenvalue weighted by molar-refractivity contribution is 6.04. The first kappa shape index (κ1) is 30.9. The van der Waals surface area contributed by atoms with Crippen LogP contribution in [0, 0.1) is 6.92 Å². The van der Waals surface area contributed by atoms with Crippen molar-refractivity contribution in [1.82, 2.24) is 24.8 Å². The minimum absolute atomic E-state index is 0. The summed E-state index contributed by atoms with van der Waals surface area (Å²) in [5.41, 5.74) is 2.83. The summed E-state index contributed by atoms with van der Waals surface area (Å²) in [6.45, 7) is 5.07. The normalized spacial score (nSPS) is 14.2. The molecule has 1 aliphatic rings. The Balaban J connectivity index is 0.00000405. The quantitative estimate of drug-likeness (QED) is 0.269. The van der Waals surface area contributed by atoms with Gasteiger partial charge in [0.25, 0.3) is 5.91 Å². The van der Waals surface area contributed by atoms with Crippen LogP contribution in [0.5, 0.6) is 0 Å². The Morgan fingerprint density at radius 2 is 1.79 bits per heavy atom. The number of likely N-dealkylation sites (N-methyl/N-ethyl adjacent to an activating group) is 1. The first-order chi connectivity index (χ1) is 19.7. The lowest BCUT2D eigenvalue weighted by Gasteiger charge is -2.33. The fourth-order valence-corrected chi connectivity index (χ4v) is 4.64. The van der Waals surface area contributed by atoms with E-state index >= 15 is 0 Å². The Morgan fingerprint density at radius 1 is 1.00 bits per heavy atom. The molecule has 1 aliphatic heterocycles. The molecule has 0 unspecified atom stereocenters. The van der Waals surface area contributed by atoms with Gasteiger partial charge in [-0.15, -0.1) is 12.4 Å². The van der Waals surface area contributed by atoms with Gasteiger partial charge < -0.3 is 15.5 Å². The van der Waals surface area contributed by atoms with Crippen molar-refractivity contribution in [2.45, 2.75) is 19.6 Å². The summed E-state index contributed by atoms with van der Waals surface area (Å²) in [6, 6.07) is 14.5. The van der Waals surface area contributed by atoms with E-state index in [1.807, 2.05) is 31.0 Å². The lowest BCUT2D eigenvalue weighted by atomic mass is 10.0. The molecule has 0 saturated carbocycles. The molecule has 2 N–H and O–H groups in total. The molecular weight excluding hydrogens is 567 g/mol. The van der Waals surface area contributed by atoms with Crippen LogP contribution in [0.2, 0.25) is 0 Å². The van der Waals surface area contributed by atoms with Gasteiger partial charge in [0.15, 0.2) is 0 Å². The molecule has 0 aliphatic carbocycles. The Bertz CT molecular complexity index is 1530. The lowest BCUT2D eigenvalue weighted by Crippen LogP contribution is -2.44. The number of nitrogens with one attached hydrogen (secondary N) is 2. The van der Waals surface area contributed by atoms with Gasteiger partial charge in [0.1, 0.15) is 12.1 Å². The number of pyridine rings is 1. The van der Waals surface area contributed by atoms with Gasteiger partial charge in [-0.1, -0.05) is 12.1 Å². The maximum absolute atomic E-state index is 14.0. The summed E-state index contributed by atoms with van der Waals surface area (Å²) in [5.74, 6) is -0.0893. The summed E-state index contributed by atoms with van der Waals surface area (Å²) < 4.78 is 42.0. The van der Waals surface area contributed by atoms with Gasteiger partial charge in [0.2, 0.25) is 0 Å². The van der Waals surface area contributed by atoms with Crippen LogP contribution in [0.15, 0.2) is 73.3 Å². The number of carbonyl (C=O) groups is 1. The number of carbonyl (C=O) groups excluding carboxylic acids is 1. The molecule has 0 radical (unpaired) electrons. The molecule has 12 heteroatoms. The van der Waals surface area contributed by atoms with Gasteiger partial charge in [-0.3, -0.25) is 14.7 Å². The monoisotopic (exact) mass is 597 g/mol. The van der Waals surface area contributed by atoms with Crippen molar-refractivity contribution in [1.29, 1.82) is 0 Å². The van der Waals surface area contributed by atoms with E-state index in [1.54, 1.807) is 36.7 Å². The standard InChI is InChI=1S/C30H30F3N7O.ClH/c1-20-5-8-24(15-26(20)38-28-16-27(35-19-36-28)22-4-3-9-34-17-22)37-29(41)21-6-7-23(25(14-21)30(31,32)33)18-40-12-10-39(2)11-13-40;/h3-9,14-17,19H,10-13,18H2,1-2H3,(H,37,41)(H,35,36,38);1H. The van der Waals surface area contributed by atoms with Crippen LogP contribution in [0.3, 0.4) is 0 Å². The summed E-state index contributed by atoms with van der Waals surface area (Å²) in [6.07, 6.45) is 0.249. The molecule has 0 atom stereocenters. The molecule has 220 valence electrons. The van der Waals surface area contributed by atoms with Gasteiger partial charge in [-0.2, -0.15) is 13.2 Å². The third kappa shape index (κ3) is 7.61. The average Bonchev–Trinajstić information content (AvgIpc) is 2.96. The number of hydrogen-bond donors (Lipinski definition) is 2. The van der Waals surface area contributed by atoms with E-state index in [-0.39, 0.29) is 30.1 Å².